The van der Waals surface area contributed by atoms with Gasteiger partial charge in [0, 0.05) is 6.54 Å². The number of amides is 1. The highest BCUT2D eigenvalue weighted by atomic mass is 28.4. The number of hydrogen-bond donors (Lipinski definition) is 0. The van der Waals surface area contributed by atoms with Crippen LogP contribution in [0.3, 0.4) is 0 Å². The van der Waals surface area contributed by atoms with Crippen molar-refractivity contribution in [1.82, 2.24) is 4.90 Å². The Bertz CT molecular complexity index is 529. The maximum atomic E-state index is 13.1. The normalized spacial score (nSPS) is 13.6. The molecule has 3 nitrogen and oxygen atoms in total. The molecule has 1 aromatic carbocycles. The molecule has 0 N–H and O–H groups in total. The molecule has 1 amide bonds. The molecule has 7 heteroatoms. The third kappa shape index (κ3) is 7.60. The van der Waals surface area contributed by atoms with E-state index in [1.165, 1.54) is 0 Å². The number of halogens is 3. The first-order valence-corrected chi connectivity index (χ1v) is 12.0. The molecule has 25 heavy (non-hydrogen) atoms. The molecular formula is C18H28F3NO2Si. The van der Waals surface area contributed by atoms with E-state index in [2.05, 4.69) is 0 Å². The molecule has 1 rings (SSSR count). The van der Waals surface area contributed by atoms with Crippen molar-refractivity contribution in [1.29, 1.82) is 0 Å². The van der Waals surface area contributed by atoms with Gasteiger partial charge in [0.05, 0.1) is 12.6 Å². The Labute approximate surface area is 149 Å². The van der Waals surface area contributed by atoms with E-state index >= 15 is 0 Å². The van der Waals surface area contributed by atoms with E-state index in [1.54, 1.807) is 30.3 Å². The SMILES string of the molecule is CCCCCN(C(=O)C(F)(F)F)[C@@H](CO[Si](C)(C)C)c1ccccc1. The van der Waals surface area contributed by atoms with Crippen molar-refractivity contribution < 1.29 is 22.4 Å². The quantitative estimate of drug-likeness (QED) is 0.441. The molecule has 0 saturated heterocycles. The molecule has 0 aromatic heterocycles. The Morgan fingerprint density at radius 3 is 2.24 bits per heavy atom. The van der Waals surface area contributed by atoms with Crippen LogP contribution in [0.1, 0.15) is 37.8 Å². The fourth-order valence-corrected chi connectivity index (χ4v) is 3.12. The van der Waals surface area contributed by atoms with Gasteiger partial charge in [0.2, 0.25) is 0 Å². The number of benzene rings is 1. The second-order valence-electron chi connectivity index (χ2n) is 7.05. The summed E-state index contributed by atoms with van der Waals surface area (Å²) in [5.41, 5.74) is 0.662. The van der Waals surface area contributed by atoms with Gasteiger partial charge in [-0.2, -0.15) is 13.2 Å². The number of nitrogens with zero attached hydrogens (tertiary/aromatic N) is 1. The number of carbonyl (C=O) groups excluding carboxylic acids is 1. The zero-order chi connectivity index (χ0) is 19.1. The minimum atomic E-state index is -4.89. The van der Waals surface area contributed by atoms with Gasteiger partial charge in [-0.3, -0.25) is 4.79 Å². The monoisotopic (exact) mass is 375 g/mol. The topological polar surface area (TPSA) is 29.5 Å². The number of alkyl halides is 3. The summed E-state index contributed by atoms with van der Waals surface area (Å²) in [7, 11) is -1.94. The first kappa shape index (κ1) is 21.7. The van der Waals surface area contributed by atoms with Crippen molar-refractivity contribution in [3.8, 4) is 0 Å². The lowest BCUT2D eigenvalue weighted by Gasteiger charge is -2.34. The zero-order valence-electron chi connectivity index (χ0n) is 15.4. The van der Waals surface area contributed by atoms with Gasteiger partial charge in [0.25, 0.3) is 0 Å². The fourth-order valence-electron chi connectivity index (χ4n) is 2.46. The van der Waals surface area contributed by atoms with E-state index in [-0.39, 0.29) is 13.2 Å². The maximum absolute atomic E-state index is 13.1. The molecular weight excluding hydrogens is 347 g/mol. The van der Waals surface area contributed by atoms with Crippen LogP contribution < -0.4 is 0 Å². The molecule has 0 unspecified atom stereocenters. The molecule has 0 aliphatic carbocycles. The molecule has 1 aromatic rings. The average molecular weight is 376 g/mol. The van der Waals surface area contributed by atoms with Gasteiger partial charge in [-0.05, 0) is 31.6 Å². The molecule has 1 atom stereocenters. The summed E-state index contributed by atoms with van der Waals surface area (Å²) in [6.07, 6.45) is -2.71. The maximum Gasteiger partial charge on any atom is 0.471 e. The number of carbonyl (C=O) groups is 1. The molecule has 0 heterocycles. The van der Waals surface area contributed by atoms with Crippen molar-refractivity contribution in [2.75, 3.05) is 13.2 Å². The summed E-state index contributed by atoms with van der Waals surface area (Å²) in [6.45, 7) is 8.04. The molecule has 0 fully saturated rings. The number of rotatable bonds is 9. The second-order valence-corrected chi connectivity index (χ2v) is 11.6. The van der Waals surface area contributed by atoms with Gasteiger partial charge in [-0.25, -0.2) is 0 Å². The second kappa shape index (κ2) is 9.38. The smallest absolute Gasteiger partial charge is 0.415 e. The lowest BCUT2D eigenvalue weighted by atomic mass is 10.1. The van der Waals surface area contributed by atoms with Crippen LogP contribution in [0.15, 0.2) is 30.3 Å². The van der Waals surface area contributed by atoms with Crippen molar-refractivity contribution in [3.63, 3.8) is 0 Å². The molecule has 0 aliphatic heterocycles. The van der Waals surface area contributed by atoms with E-state index < -0.39 is 26.4 Å². The largest absolute Gasteiger partial charge is 0.471 e. The Morgan fingerprint density at radius 1 is 1.16 bits per heavy atom. The number of unbranched alkanes of at least 4 members (excludes halogenated alkanes) is 2. The fraction of sp³-hybridized carbons (Fsp3) is 0.611. The van der Waals surface area contributed by atoms with E-state index in [4.69, 9.17) is 4.43 Å². The molecule has 0 saturated carbocycles. The summed E-state index contributed by atoms with van der Waals surface area (Å²) >= 11 is 0. The summed E-state index contributed by atoms with van der Waals surface area (Å²) in [4.78, 5) is 13.0. The van der Waals surface area contributed by atoms with Crippen LogP contribution in [0.5, 0.6) is 0 Å². The van der Waals surface area contributed by atoms with Gasteiger partial charge in [-0.1, -0.05) is 50.1 Å². The van der Waals surface area contributed by atoms with Crippen molar-refractivity contribution >= 4 is 14.2 Å². The van der Waals surface area contributed by atoms with Crippen molar-refractivity contribution in [2.45, 2.75) is 58.0 Å². The van der Waals surface area contributed by atoms with Crippen LogP contribution in [-0.2, 0) is 9.22 Å². The van der Waals surface area contributed by atoms with E-state index in [9.17, 15) is 18.0 Å². The highest BCUT2D eigenvalue weighted by Crippen LogP contribution is 2.29. The lowest BCUT2D eigenvalue weighted by molar-refractivity contribution is -0.188. The predicted molar refractivity (Wildman–Crippen MR) is 95.8 cm³/mol. The van der Waals surface area contributed by atoms with E-state index in [1.807, 2.05) is 26.6 Å². The van der Waals surface area contributed by atoms with E-state index in [0.29, 0.717) is 12.0 Å². The van der Waals surface area contributed by atoms with E-state index in [0.717, 1.165) is 17.7 Å². The standard InChI is InChI=1S/C18H28F3NO2Si/c1-5-6-10-13-22(17(23)18(19,20)21)16(14-24-25(2,3)4)15-11-8-7-9-12-15/h7-9,11-12,16H,5-6,10,13-14H2,1-4H3/t16-/m0/s1. The minimum absolute atomic E-state index is 0.0702. The molecule has 0 radical (unpaired) electrons. The highest BCUT2D eigenvalue weighted by Gasteiger charge is 2.44. The first-order valence-electron chi connectivity index (χ1n) is 8.63. The summed E-state index contributed by atoms with van der Waals surface area (Å²) < 4.78 is 45.3. The molecule has 142 valence electrons. The zero-order valence-corrected chi connectivity index (χ0v) is 16.4. The molecule has 0 aliphatic rings. The van der Waals surface area contributed by atoms with Crippen LogP contribution >= 0.6 is 0 Å². The van der Waals surface area contributed by atoms with Crippen LogP contribution in [0, 0.1) is 0 Å². The minimum Gasteiger partial charge on any atom is -0.415 e. The van der Waals surface area contributed by atoms with Gasteiger partial charge in [0.15, 0.2) is 8.32 Å². The summed E-state index contributed by atoms with van der Waals surface area (Å²) in [5.74, 6) is -1.79. The first-order chi connectivity index (χ1) is 11.6. The van der Waals surface area contributed by atoms with Crippen LogP contribution in [0.4, 0.5) is 13.2 Å². The summed E-state index contributed by atoms with van der Waals surface area (Å²) in [5, 5.41) is 0. The Balaban J connectivity index is 3.14. The van der Waals surface area contributed by atoms with Crippen LogP contribution in [0.2, 0.25) is 19.6 Å². The third-order valence-electron chi connectivity index (χ3n) is 3.74. The van der Waals surface area contributed by atoms with Crippen molar-refractivity contribution in [3.05, 3.63) is 35.9 Å². The Kier molecular flexibility index (Phi) is 8.14. The van der Waals surface area contributed by atoms with Gasteiger partial charge < -0.3 is 9.33 Å². The Morgan fingerprint density at radius 2 is 1.76 bits per heavy atom. The molecule has 0 spiro atoms. The third-order valence-corrected chi connectivity index (χ3v) is 4.77. The Hall–Kier alpha value is -1.34. The summed E-state index contributed by atoms with van der Waals surface area (Å²) in [6, 6.07) is 8.08. The van der Waals surface area contributed by atoms with Crippen LogP contribution in [-0.4, -0.2) is 38.5 Å². The van der Waals surface area contributed by atoms with Gasteiger partial charge in [-0.15, -0.1) is 0 Å². The van der Waals surface area contributed by atoms with Crippen molar-refractivity contribution in [2.24, 2.45) is 0 Å². The lowest BCUT2D eigenvalue weighted by Crippen LogP contribution is -2.46. The highest BCUT2D eigenvalue weighted by molar-refractivity contribution is 6.69. The molecule has 0 bridgehead atoms. The average Bonchev–Trinajstić information content (AvgIpc) is 2.52. The van der Waals surface area contributed by atoms with Gasteiger partial charge >= 0.3 is 12.1 Å². The number of hydrogen-bond acceptors (Lipinski definition) is 2. The predicted octanol–water partition coefficient (Wildman–Crippen LogP) is 5.16. The van der Waals surface area contributed by atoms with Gasteiger partial charge in [0.1, 0.15) is 0 Å². The van der Waals surface area contributed by atoms with Crippen LogP contribution in [0.25, 0.3) is 0 Å².